The van der Waals surface area contributed by atoms with Crippen LogP contribution in [0.2, 0.25) is 5.02 Å². The molecule has 1 unspecified atom stereocenters. The van der Waals surface area contributed by atoms with Crippen molar-refractivity contribution in [1.82, 2.24) is 0 Å². The Morgan fingerprint density at radius 1 is 1.20 bits per heavy atom. The number of ether oxygens (including phenoxy) is 1. The highest BCUT2D eigenvalue weighted by atomic mass is 35.5. The van der Waals surface area contributed by atoms with Crippen molar-refractivity contribution in [3.05, 3.63) is 23.0 Å². The average Bonchev–Trinajstić information content (AvgIpc) is 2.57. The monoisotopic (exact) mass is 389 g/mol. The third-order valence-corrected chi connectivity index (χ3v) is 5.65. The maximum Gasteiger partial charge on any atom is 0.319 e. The number of halogens is 2. The van der Waals surface area contributed by atoms with Crippen LogP contribution in [-0.2, 0) is 14.3 Å². The van der Waals surface area contributed by atoms with E-state index >= 15 is 0 Å². The number of hydrogen-bond acceptors (Lipinski definition) is 4. The lowest BCUT2D eigenvalue weighted by atomic mass is 10.0. The first-order chi connectivity index (χ1) is 11.9. The average molecular weight is 390 g/mol. The van der Waals surface area contributed by atoms with Gasteiger partial charge in [0, 0.05) is 10.8 Å². The van der Waals surface area contributed by atoms with Gasteiger partial charge in [-0.1, -0.05) is 32.4 Å². The maximum atomic E-state index is 14.2. The molecule has 0 heterocycles. The van der Waals surface area contributed by atoms with Crippen LogP contribution in [0, 0.1) is 11.7 Å². The molecule has 0 aliphatic heterocycles. The molecule has 4 nitrogen and oxygen atoms in total. The molecule has 0 spiro atoms. The van der Waals surface area contributed by atoms with Gasteiger partial charge in [-0.2, -0.15) is 0 Å². The van der Waals surface area contributed by atoms with E-state index in [0.717, 1.165) is 6.07 Å². The van der Waals surface area contributed by atoms with Crippen LogP contribution in [0.15, 0.2) is 17.0 Å². The summed E-state index contributed by atoms with van der Waals surface area (Å²) in [4.78, 5) is 24.7. The topological polar surface area (TPSA) is 55.4 Å². The van der Waals surface area contributed by atoms with E-state index in [0.29, 0.717) is 30.8 Å². The molecule has 0 radical (unpaired) electrons. The number of benzene rings is 1. The predicted molar refractivity (Wildman–Crippen MR) is 101 cm³/mol. The van der Waals surface area contributed by atoms with Crippen molar-refractivity contribution in [3.63, 3.8) is 0 Å². The molecule has 0 fully saturated rings. The van der Waals surface area contributed by atoms with Crippen LogP contribution in [0.3, 0.4) is 0 Å². The lowest BCUT2D eigenvalue weighted by molar-refractivity contribution is -0.142. The predicted octanol–water partition coefficient (Wildman–Crippen LogP) is 5.29. The first-order valence-electron chi connectivity index (χ1n) is 8.50. The molecule has 1 amide bonds. The lowest BCUT2D eigenvalue weighted by Gasteiger charge is -2.17. The number of nitrogens with one attached hydrogen (secondary N) is 1. The van der Waals surface area contributed by atoms with E-state index in [4.69, 9.17) is 16.3 Å². The molecule has 25 heavy (non-hydrogen) atoms. The van der Waals surface area contributed by atoms with E-state index in [1.54, 1.807) is 6.92 Å². The van der Waals surface area contributed by atoms with Crippen molar-refractivity contribution in [3.8, 4) is 0 Å². The van der Waals surface area contributed by atoms with Crippen molar-refractivity contribution in [2.24, 2.45) is 5.92 Å². The molecule has 0 aliphatic carbocycles. The first kappa shape index (κ1) is 21.8. The van der Waals surface area contributed by atoms with Gasteiger partial charge < -0.3 is 10.1 Å². The van der Waals surface area contributed by atoms with Gasteiger partial charge in [0.1, 0.15) is 11.1 Å². The summed E-state index contributed by atoms with van der Waals surface area (Å²) >= 11 is 7.32. The second-order valence-electron chi connectivity index (χ2n) is 5.53. The molecule has 1 rings (SSSR count). The number of carbonyl (C=O) groups excluding carboxylic acids is 2. The van der Waals surface area contributed by atoms with Crippen LogP contribution in [0.1, 0.15) is 47.0 Å². The van der Waals surface area contributed by atoms with Gasteiger partial charge in [-0.25, -0.2) is 4.39 Å². The van der Waals surface area contributed by atoms with Gasteiger partial charge in [0.15, 0.2) is 0 Å². The van der Waals surface area contributed by atoms with Gasteiger partial charge in [0.05, 0.1) is 17.3 Å². The van der Waals surface area contributed by atoms with Gasteiger partial charge in [0.2, 0.25) is 5.91 Å². The second kappa shape index (κ2) is 10.7. The Hall–Kier alpha value is -1.27. The van der Waals surface area contributed by atoms with Crippen molar-refractivity contribution in [1.29, 1.82) is 0 Å². The van der Waals surface area contributed by atoms with Crippen molar-refractivity contribution in [2.75, 3.05) is 11.9 Å². The fourth-order valence-electron chi connectivity index (χ4n) is 2.30. The van der Waals surface area contributed by atoms with E-state index in [1.165, 1.54) is 17.8 Å². The molecule has 1 N–H and O–H groups in total. The lowest BCUT2D eigenvalue weighted by Crippen LogP contribution is -2.22. The van der Waals surface area contributed by atoms with E-state index < -0.39 is 11.1 Å². The highest BCUT2D eigenvalue weighted by Gasteiger charge is 2.22. The maximum absolute atomic E-state index is 14.2. The Labute approximate surface area is 157 Å². The standard InChI is InChI=1S/C18H25ClFNO3S/c1-5-11(6-2)17(22)21-14-10-16(12(19)9-13(14)20)25-15(7-3)18(23)24-8-4/h9-11,15H,5-8H2,1-4H3,(H,21,22). The van der Waals surface area contributed by atoms with Crippen molar-refractivity contribution in [2.45, 2.75) is 57.1 Å². The highest BCUT2D eigenvalue weighted by Crippen LogP contribution is 2.36. The quantitative estimate of drug-likeness (QED) is 0.460. The van der Waals surface area contributed by atoms with Crippen molar-refractivity contribution < 1.29 is 18.7 Å². The van der Waals surface area contributed by atoms with Crippen LogP contribution in [0.5, 0.6) is 0 Å². The van der Waals surface area contributed by atoms with Gasteiger partial charge in [-0.05, 0) is 38.3 Å². The summed E-state index contributed by atoms with van der Waals surface area (Å²) in [5.74, 6) is -1.33. The minimum absolute atomic E-state index is 0.0718. The fraction of sp³-hybridized carbons (Fsp3) is 0.556. The minimum Gasteiger partial charge on any atom is -0.465 e. The zero-order valence-corrected chi connectivity index (χ0v) is 16.6. The summed E-state index contributed by atoms with van der Waals surface area (Å²) in [6.45, 7) is 7.73. The third-order valence-electron chi connectivity index (χ3n) is 3.83. The molecular formula is C18H25ClFNO3S. The number of esters is 1. The Morgan fingerprint density at radius 3 is 2.36 bits per heavy atom. The molecule has 0 aromatic heterocycles. The summed E-state index contributed by atoms with van der Waals surface area (Å²) in [7, 11) is 0. The highest BCUT2D eigenvalue weighted by molar-refractivity contribution is 8.00. The number of amides is 1. The van der Waals surface area contributed by atoms with Crippen LogP contribution in [0.25, 0.3) is 0 Å². The number of thioether (sulfide) groups is 1. The number of carbonyl (C=O) groups is 2. The van der Waals surface area contributed by atoms with Crippen LogP contribution < -0.4 is 5.32 Å². The fourth-order valence-corrected chi connectivity index (χ4v) is 3.57. The molecule has 0 saturated heterocycles. The zero-order valence-electron chi connectivity index (χ0n) is 15.0. The van der Waals surface area contributed by atoms with E-state index in [-0.39, 0.29) is 28.5 Å². The molecule has 0 aliphatic rings. The zero-order chi connectivity index (χ0) is 19.0. The Morgan fingerprint density at radius 2 is 1.84 bits per heavy atom. The molecule has 0 bridgehead atoms. The third kappa shape index (κ3) is 6.19. The molecular weight excluding hydrogens is 365 g/mol. The minimum atomic E-state index is -0.599. The van der Waals surface area contributed by atoms with Crippen LogP contribution in [-0.4, -0.2) is 23.7 Å². The molecule has 7 heteroatoms. The molecule has 1 aromatic carbocycles. The van der Waals surface area contributed by atoms with E-state index in [2.05, 4.69) is 5.32 Å². The number of rotatable bonds is 9. The normalized spacial score (nSPS) is 12.1. The van der Waals surface area contributed by atoms with Gasteiger partial charge in [-0.3, -0.25) is 9.59 Å². The van der Waals surface area contributed by atoms with E-state index in [1.807, 2.05) is 20.8 Å². The first-order valence-corrected chi connectivity index (χ1v) is 9.76. The largest absolute Gasteiger partial charge is 0.465 e. The Bertz CT molecular complexity index is 608. The smallest absolute Gasteiger partial charge is 0.319 e. The summed E-state index contributed by atoms with van der Waals surface area (Å²) in [6.07, 6.45) is 1.91. The van der Waals surface area contributed by atoms with Crippen molar-refractivity contribution >= 4 is 40.9 Å². The summed E-state index contributed by atoms with van der Waals surface area (Å²) in [5, 5.41) is 2.38. The van der Waals surface area contributed by atoms with Crippen LogP contribution >= 0.6 is 23.4 Å². The summed E-state index contributed by atoms with van der Waals surface area (Å²) < 4.78 is 19.2. The van der Waals surface area contributed by atoms with Gasteiger partial charge in [-0.15, -0.1) is 11.8 Å². The Balaban J connectivity index is 3.02. The molecule has 140 valence electrons. The number of anilines is 1. The summed E-state index contributed by atoms with van der Waals surface area (Å²) in [6, 6.07) is 2.63. The molecule has 0 saturated carbocycles. The number of hydrogen-bond donors (Lipinski definition) is 1. The second-order valence-corrected chi connectivity index (χ2v) is 7.18. The summed E-state index contributed by atoms with van der Waals surface area (Å²) in [5.41, 5.74) is 0.0718. The molecule has 1 atom stereocenters. The molecule has 1 aromatic rings. The van der Waals surface area contributed by atoms with E-state index in [9.17, 15) is 14.0 Å². The van der Waals surface area contributed by atoms with Gasteiger partial charge >= 0.3 is 5.97 Å². The van der Waals surface area contributed by atoms with Gasteiger partial charge in [0.25, 0.3) is 0 Å². The SMILES string of the molecule is CCOC(=O)C(CC)Sc1cc(NC(=O)C(CC)CC)c(F)cc1Cl. The Kier molecular flexibility index (Phi) is 9.28. The van der Waals surface area contributed by atoms with Crippen LogP contribution in [0.4, 0.5) is 10.1 Å².